The lowest BCUT2D eigenvalue weighted by atomic mass is 9.71. The molecule has 2 aliphatic heterocycles. The SMILES string of the molecule is COC[C@@H]1C(=O)N(CC2CC2)CC12CCN(C(=O)c1ccccc1)CC2. The fourth-order valence-electron chi connectivity index (χ4n) is 4.66. The van der Waals surface area contributed by atoms with E-state index in [4.69, 9.17) is 4.74 Å². The van der Waals surface area contributed by atoms with Crippen molar-refractivity contribution in [2.75, 3.05) is 39.9 Å². The third-order valence-corrected chi connectivity index (χ3v) is 6.43. The van der Waals surface area contributed by atoms with Crippen molar-refractivity contribution >= 4 is 11.8 Å². The highest BCUT2D eigenvalue weighted by Crippen LogP contribution is 2.46. The first kappa shape index (κ1) is 17.5. The summed E-state index contributed by atoms with van der Waals surface area (Å²) >= 11 is 0. The largest absolute Gasteiger partial charge is 0.384 e. The van der Waals surface area contributed by atoms with E-state index in [2.05, 4.69) is 4.90 Å². The molecule has 5 heteroatoms. The number of carbonyl (C=O) groups is 2. The van der Waals surface area contributed by atoms with Crippen LogP contribution in [0, 0.1) is 17.3 Å². The maximum Gasteiger partial charge on any atom is 0.253 e. The maximum atomic E-state index is 12.9. The Morgan fingerprint density at radius 3 is 2.50 bits per heavy atom. The molecule has 1 spiro atoms. The molecular weight excluding hydrogens is 328 g/mol. The number of likely N-dealkylation sites (tertiary alicyclic amines) is 2. The monoisotopic (exact) mass is 356 g/mol. The van der Waals surface area contributed by atoms with Crippen LogP contribution in [0.5, 0.6) is 0 Å². The number of carbonyl (C=O) groups excluding carboxylic acids is 2. The molecule has 5 nitrogen and oxygen atoms in total. The Kier molecular flexibility index (Phi) is 4.74. The van der Waals surface area contributed by atoms with Gasteiger partial charge in [0.25, 0.3) is 5.91 Å². The number of rotatable bonds is 5. The summed E-state index contributed by atoms with van der Waals surface area (Å²) in [7, 11) is 1.68. The van der Waals surface area contributed by atoms with Gasteiger partial charge in [-0.2, -0.15) is 0 Å². The number of piperidine rings is 1. The molecule has 1 aromatic carbocycles. The molecule has 0 aromatic heterocycles. The zero-order chi connectivity index (χ0) is 18.1. The van der Waals surface area contributed by atoms with Crippen LogP contribution in [0.15, 0.2) is 30.3 Å². The minimum absolute atomic E-state index is 0.0323. The van der Waals surface area contributed by atoms with Crippen molar-refractivity contribution in [3.05, 3.63) is 35.9 Å². The van der Waals surface area contributed by atoms with Gasteiger partial charge in [0.15, 0.2) is 0 Å². The summed E-state index contributed by atoms with van der Waals surface area (Å²) in [4.78, 5) is 29.7. The second kappa shape index (κ2) is 7.03. The van der Waals surface area contributed by atoms with Crippen LogP contribution in [0.1, 0.15) is 36.0 Å². The van der Waals surface area contributed by atoms with Gasteiger partial charge in [-0.05, 0) is 43.7 Å². The molecule has 0 bridgehead atoms. The second-order valence-electron chi connectivity index (χ2n) is 8.19. The van der Waals surface area contributed by atoms with Crippen LogP contribution in [0.2, 0.25) is 0 Å². The van der Waals surface area contributed by atoms with Gasteiger partial charge in [-0.15, -0.1) is 0 Å². The zero-order valence-electron chi connectivity index (χ0n) is 15.5. The van der Waals surface area contributed by atoms with Gasteiger partial charge in [-0.1, -0.05) is 18.2 Å². The lowest BCUT2D eigenvalue weighted by Gasteiger charge is -2.41. The molecule has 140 valence electrons. The molecule has 2 heterocycles. The van der Waals surface area contributed by atoms with E-state index in [1.54, 1.807) is 7.11 Å². The summed E-state index contributed by atoms with van der Waals surface area (Å²) in [5.41, 5.74) is 0.713. The lowest BCUT2D eigenvalue weighted by Crippen LogP contribution is -2.47. The number of ether oxygens (including phenoxy) is 1. The molecule has 1 aliphatic carbocycles. The van der Waals surface area contributed by atoms with Crippen molar-refractivity contribution < 1.29 is 14.3 Å². The van der Waals surface area contributed by atoms with E-state index in [0.29, 0.717) is 12.5 Å². The predicted molar refractivity (Wildman–Crippen MR) is 98.7 cm³/mol. The number of benzene rings is 1. The fraction of sp³-hybridized carbons (Fsp3) is 0.619. The van der Waals surface area contributed by atoms with Gasteiger partial charge in [-0.25, -0.2) is 0 Å². The Hall–Kier alpha value is -1.88. The van der Waals surface area contributed by atoms with Crippen LogP contribution >= 0.6 is 0 Å². The van der Waals surface area contributed by atoms with E-state index < -0.39 is 0 Å². The highest BCUT2D eigenvalue weighted by Gasteiger charge is 2.53. The van der Waals surface area contributed by atoms with Gasteiger partial charge in [0, 0.05) is 44.3 Å². The molecule has 26 heavy (non-hydrogen) atoms. The first-order chi connectivity index (χ1) is 12.6. The summed E-state index contributed by atoms with van der Waals surface area (Å²) in [6.07, 6.45) is 4.27. The number of nitrogens with zero attached hydrogens (tertiary/aromatic N) is 2. The number of hydrogen-bond acceptors (Lipinski definition) is 3. The lowest BCUT2D eigenvalue weighted by molar-refractivity contribution is -0.133. The first-order valence-electron chi connectivity index (χ1n) is 9.75. The van der Waals surface area contributed by atoms with Crippen molar-refractivity contribution in [2.45, 2.75) is 25.7 Å². The highest BCUT2D eigenvalue weighted by molar-refractivity contribution is 5.94. The van der Waals surface area contributed by atoms with Crippen molar-refractivity contribution in [1.29, 1.82) is 0 Å². The van der Waals surface area contributed by atoms with Gasteiger partial charge in [0.1, 0.15) is 0 Å². The zero-order valence-corrected chi connectivity index (χ0v) is 15.5. The molecular formula is C21H28N2O3. The van der Waals surface area contributed by atoms with Gasteiger partial charge in [0.2, 0.25) is 5.91 Å². The van der Waals surface area contributed by atoms with Gasteiger partial charge in [-0.3, -0.25) is 9.59 Å². The Morgan fingerprint density at radius 2 is 1.88 bits per heavy atom. The van der Waals surface area contributed by atoms with E-state index in [9.17, 15) is 9.59 Å². The van der Waals surface area contributed by atoms with E-state index in [0.717, 1.165) is 44.6 Å². The summed E-state index contributed by atoms with van der Waals surface area (Å²) in [6.45, 7) is 3.68. The quantitative estimate of drug-likeness (QED) is 0.814. The first-order valence-corrected chi connectivity index (χ1v) is 9.75. The van der Waals surface area contributed by atoms with Crippen molar-refractivity contribution in [1.82, 2.24) is 9.80 Å². The average Bonchev–Trinajstić information content (AvgIpc) is 3.46. The van der Waals surface area contributed by atoms with Gasteiger partial charge < -0.3 is 14.5 Å². The molecule has 4 rings (SSSR count). The van der Waals surface area contributed by atoms with Gasteiger partial charge in [0.05, 0.1) is 12.5 Å². The summed E-state index contributed by atoms with van der Waals surface area (Å²) < 4.78 is 5.41. The van der Waals surface area contributed by atoms with Crippen LogP contribution in [0.4, 0.5) is 0 Å². The Balaban J connectivity index is 1.45. The molecule has 3 aliphatic rings. The number of hydrogen-bond donors (Lipinski definition) is 0. The van der Waals surface area contributed by atoms with Crippen LogP contribution < -0.4 is 0 Å². The Bertz CT molecular complexity index is 663. The third-order valence-electron chi connectivity index (χ3n) is 6.43. The number of amides is 2. The van der Waals surface area contributed by atoms with Gasteiger partial charge >= 0.3 is 0 Å². The molecule has 0 N–H and O–H groups in total. The minimum atomic E-state index is -0.0553. The Morgan fingerprint density at radius 1 is 1.19 bits per heavy atom. The smallest absolute Gasteiger partial charge is 0.253 e. The molecule has 1 aromatic rings. The summed E-state index contributed by atoms with van der Waals surface area (Å²) in [6, 6.07) is 9.47. The minimum Gasteiger partial charge on any atom is -0.384 e. The van der Waals surface area contributed by atoms with E-state index >= 15 is 0 Å². The van der Waals surface area contributed by atoms with Crippen molar-refractivity contribution in [3.63, 3.8) is 0 Å². The normalized spacial score (nSPS) is 25.1. The molecule has 1 atom stereocenters. The molecule has 3 fully saturated rings. The molecule has 1 saturated carbocycles. The summed E-state index contributed by atoms with van der Waals surface area (Å²) in [5.74, 6) is 1.02. The second-order valence-corrected chi connectivity index (χ2v) is 8.19. The molecule has 2 amide bonds. The average molecular weight is 356 g/mol. The van der Waals surface area contributed by atoms with E-state index in [-0.39, 0.29) is 23.1 Å². The van der Waals surface area contributed by atoms with Crippen LogP contribution in [-0.4, -0.2) is 61.5 Å². The molecule has 0 radical (unpaired) electrons. The standard InChI is InChI=1S/C21H28N2O3/c1-26-14-18-20(25)23(13-16-7-8-16)15-21(18)9-11-22(12-10-21)19(24)17-5-3-2-4-6-17/h2-6,16,18H,7-15H2,1H3/t18-/m1/s1. The summed E-state index contributed by atoms with van der Waals surface area (Å²) in [5, 5.41) is 0. The maximum absolute atomic E-state index is 12.9. The van der Waals surface area contributed by atoms with Crippen LogP contribution in [0.3, 0.4) is 0 Å². The molecule has 2 saturated heterocycles. The van der Waals surface area contributed by atoms with E-state index in [1.165, 1.54) is 12.8 Å². The third kappa shape index (κ3) is 3.25. The van der Waals surface area contributed by atoms with Crippen LogP contribution in [-0.2, 0) is 9.53 Å². The topological polar surface area (TPSA) is 49.9 Å². The van der Waals surface area contributed by atoms with Crippen LogP contribution in [0.25, 0.3) is 0 Å². The highest BCUT2D eigenvalue weighted by atomic mass is 16.5. The fourth-order valence-corrected chi connectivity index (χ4v) is 4.66. The molecule has 0 unspecified atom stereocenters. The van der Waals surface area contributed by atoms with Crippen molar-refractivity contribution in [2.24, 2.45) is 17.3 Å². The number of methoxy groups -OCH3 is 1. The van der Waals surface area contributed by atoms with E-state index in [1.807, 2.05) is 35.2 Å². The predicted octanol–water partition coefficient (Wildman–Crippen LogP) is 2.42. The Labute approximate surface area is 155 Å². The van der Waals surface area contributed by atoms with Crippen molar-refractivity contribution in [3.8, 4) is 0 Å².